The lowest BCUT2D eigenvalue weighted by atomic mass is 10.1. The lowest BCUT2D eigenvalue weighted by Gasteiger charge is -2.35. The largest absolute Gasteiger partial charge is 0.371 e. The maximum atomic E-state index is 12.1. The number of para-hydroxylation sites is 2. The van der Waals surface area contributed by atoms with Gasteiger partial charge in [0.2, 0.25) is 0 Å². The van der Waals surface area contributed by atoms with Crippen molar-refractivity contribution in [2.75, 3.05) is 36.5 Å². The Morgan fingerprint density at radius 1 is 1.32 bits per heavy atom. The zero-order valence-corrected chi connectivity index (χ0v) is 10.6. The van der Waals surface area contributed by atoms with Gasteiger partial charge in [-0.05, 0) is 12.1 Å². The van der Waals surface area contributed by atoms with E-state index in [-0.39, 0.29) is 6.54 Å². The molecule has 1 aromatic carbocycles. The van der Waals surface area contributed by atoms with E-state index in [1.165, 1.54) is 4.90 Å². The van der Waals surface area contributed by atoms with E-state index >= 15 is 0 Å². The van der Waals surface area contributed by atoms with Crippen molar-refractivity contribution in [2.24, 2.45) is 0 Å². The van der Waals surface area contributed by atoms with E-state index in [0.29, 0.717) is 18.8 Å². The Labute approximate surface area is 111 Å². The second-order valence-corrected chi connectivity index (χ2v) is 4.21. The average Bonchev–Trinajstić information content (AvgIpc) is 2.45. The van der Waals surface area contributed by atoms with Gasteiger partial charge in [0.1, 0.15) is 6.54 Å². The van der Waals surface area contributed by atoms with Gasteiger partial charge in [-0.1, -0.05) is 12.1 Å². The fourth-order valence-corrected chi connectivity index (χ4v) is 2.04. The van der Waals surface area contributed by atoms with Crippen LogP contribution in [0.25, 0.3) is 0 Å². The van der Waals surface area contributed by atoms with Crippen LogP contribution in [0.15, 0.2) is 24.3 Å². The van der Waals surface area contributed by atoms with Gasteiger partial charge in [-0.15, -0.1) is 0 Å². The predicted octanol–water partition coefficient (Wildman–Crippen LogP) is 0.109. The molecule has 0 fully saturated rings. The highest BCUT2D eigenvalue weighted by atomic mass is 16.2. The van der Waals surface area contributed by atoms with Gasteiger partial charge in [0, 0.05) is 20.1 Å². The zero-order chi connectivity index (χ0) is 13.8. The van der Waals surface area contributed by atoms with Crippen LogP contribution in [0, 0.1) is 11.3 Å². The summed E-state index contributed by atoms with van der Waals surface area (Å²) in [4.78, 5) is 27.2. The van der Waals surface area contributed by atoms with E-state index in [1.807, 2.05) is 30.1 Å². The molecule has 98 valence electrons. The van der Waals surface area contributed by atoms with Crippen molar-refractivity contribution in [2.45, 2.75) is 0 Å². The molecule has 1 aromatic rings. The number of fused-ring (bicyclic) bond motifs is 1. The molecule has 0 radical (unpaired) electrons. The Morgan fingerprint density at radius 2 is 2.00 bits per heavy atom. The number of carbonyl (C=O) groups is 2. The summed E-state index contributed by atoms with van der Waals surface area (Å²) >= 11 is 0. The topological polar surface area (TPSA) is 76.4 Å². The van der Waals surface area contributed by atoms with Gasteiger partial charge in [0.15, 0.2) is 0 Å². The van der Waals surface area contributed by atoms with Gasteiger partial charge in [-0.25, -0.2) is 0 Å². The van der Waals surface area contributed by atoms with E-state index in [9.17, 15) is 9.59 Å². The highest BCUT2D eigenvalue weighted by Gasteiger charge is 2.28. The summed E-state index contributed by atoms with van der Waals surface area (Å²) in [5.41, 5.74) is 1.63. The van der Waals surface area contributed by atoms with Gasteiger partial charge in [0.25, 0.3) is 0 Å². The Balaban J connectivity index is 2.23. The van der Waals surface area contributed by atoms with Crippen LogP contribution in [0.3, 0.4) is 0 Å². The summed E-state index contributed by atoms with van der Waals surface area (Å²) in [5.74, 6) is -1.38. The Bertz CT molecular complexity index is 550. The van der Waals surface area contributed by atoms with Crippen molar-refractivity contribution in [3.05, 3.63) is 24.3 Å². The summed E-state index contributed by atoms with van der Waals surface area (Å²) in [6.45, 7) is 0.945. The van der Waals surface area contributed by atoms with E-state index in [1.54, 1.807) is 12.1 Å². The quantitative estimate of drug-likeness (QED) is 0.573. The maximum absolute atomic E-state index is 12.1. The molecule has 0 saturated carbocycles. The molecule has 0 spiro atoms. The fraction of sp³-hybridized carbons (Fsp3) is 0.308. The monoisotopic (exact) mass is 258 g/mol. The molecule has 2 rings (SSSR count). The summed E-state index contributed by atoms with van der Waals surface area (Å²) in [6, 6.07) is 9.20. The number of carbonyl (C=O) groups excluding carboxylic acids is 2. The molecule has 0 saturated heterocycles. The average molecular weight is 258 g/mol. The highest BCUT2D eigenvalue weighted by Crippen LogP contribution is 2.31. The number of amides is 2. The third kappa shape index (κ3) is 2.50. The number of nitrogens with zero attached hydrogens (tertiary/aromatic N) is 3. The third-order valence-electron chi connectivity index (χ3n) is 3.01. The number of hydrogen-bond donors (Lipinski definition) is 1. The Morgan fingerprint density at radius 3 is 2.68 bits per heavy atom. The van der Waals surface area contributed by atoms with Crippen LogP contribution >= 0.6 is 0 Å². The molecule has 0 unspecified atom stereocenters. The highest BCUT2D eigenvalue weighted by molar-refractivity contribution is 6.40. The van der Waals surface area contributed by atoms with Crippen LogP contribution in [-0.4, -0.2) is 38.5 Å². The number of likely N-dealkylation sites (N-methyl/N-ethyl adjacent to an activating group) is 1. The zero-order valence-electron chi connectivity index (χ0n) is 10.6. The van der Waals surface area contributed by atoms with Gasteiger partial charge in [0.05, 0.1) is 17.4 Å². The summed E-state index contributed by atoms with van der Waals surface area (Å²) in [5, 5.41) is 10.7. The van der Waals surface area contributed by atoms with Gasteiger partial charge >= 0.3 is 11.8 Å². The van der Waals surface area contributed by atoms with Crippen LogP contribution in [0.5, 0.6) is 0 Å². The van der Waals surface area contributed by atoms with E-state index in [0.717, 1.165) is 5.69 Å². The van der Waals surface area contributed by atoms with Gasteiger partial charge in [-0.2, -0.15) is 5.26 Å². The molecule has 2 amide bonds. The minimum Gasteiger partial charge on any atom is -0.371 e. The first kappa shape index (κ1) is 12.9. The van der Waals surface area contributed by atoms with Crippen molar-refractivity contribution in [3.63, 3.8) is 0 Å². The number of nitriles is 1. The molecule has 0 atom stereocenters. The third-order valence-corrected chi connectivity index (χ3v) is 3.01. The van der Waals surface area contributed by atoms with Crippen molar-refractivity contribution >= 4 is 23.2 Å². The summed E-state index contributed by atoms with van der Waals surface area (Å²) < 4.78 is 0. The molecule has 6 nitrogen and oxygen atoms in total. The first-order valence-electron chi connectivity index (χ1n) is 5.92. The summed E-state index contributed by atoms with van der Waals surface area (Å²) in [6.07, 6.45) is 0. The lowest BCUT2D eigenvalue weighted by Crippen LogP contribution is -2.48. The Kier molecular flexibility index (Phi) is 3.66. The molecule has 1 heterocycles. The lowest BCUT2D eigenvalue weighted by molar-refractivity contribution is -0.137. The molecule has 0 aromatic heterocycles. The molecule has 6 heteroatoms. The van der Waals surface area contributed by atoms with Crippen LogP contribution in [0.4, 0.5) is 11.4 Å². The number of benzene rings is 1. The SMILES string of the molecule is CN1CCN(C(=O)C(=O)NCC#N)c2ccccc21. The van der Waals surface area contributed by atoms with Crippen LogP contribution in [-0.2, 0) is 9.59 Å². The number of hydrogen-bond acceptors (Lipinski definition) is 4. The number of rotatable bonds is 1. The van der Waals surface area contributed by atoms with Crippen LogP contribution in [0.1, 0.15) is 0 Å². The van der Waals surface area contributed by atoms with Crippen molar-refractivity contribution in [3.8, 4) is 6.07 Å². The van der Waals surface area contributed by atoms with Crippen molar-refractivity contribution in [1.82, 2.24) is 5.32 Å². The standard InChI is InChI=1S/C13H14N4O2/c1-16-8-9-17(11-5-3-2-4-10(11)16)13(19)12(18)15-7-6-14/h2-5H,7-9H2,1H3,(H,15,18). The second-order valence-electron chi connectivity index (χ2n) is 4.21. The van der Waals surface area contributed by atoms with Crippen LogP contribution < -0.4 is 15.1 Å². The first-order valence-corrected chi connectivity index (χ1v) is 5.92. The van der Waals surface area contributed by atoms with E-state index < -0.39 is 11.8 Å². The fourth-order valence-electron chi connectivity index (χ4n) is 2.04. The minimum atomic E-state index is -0.749. The van der Waals surface area contributed by atoms with Crippen molar-refractivity contribution in [1.29, 1.82) is 5.26 Å². The molecule has 1 aliphatic rings. The van der Waals surface area contributed by atoms with Crippen molar-refractivity contribution < 1.29 is 9.59 Å². The number of nitrogens with one attached hydrogen (secondary N) is 1. The smallest absolute Gasteiger partial charge is 0.316 e. The van der Waals surface area contributed by atoms with Crippen LogP contribution in [0.2, 0.25) is 0 Å². The molecule has 1 aliphatic heterocycles. The minimum absolute atomic E-state index is 0.167. The number of anilines is 2. The van der Waals surface area contributed by atoms with E-state index in [2.05, 4.69) is 5.32 Å². The first-order chi connectivity index (χ1) is 9.15. The molecule has 1 N–H and O–H groups in total. The van der Waals surface area contributed by atoms with E-state index in [4.69, 9.17) is 5.26 Å². The summed E-state index contributed by atoms with van der Waals surface area (Å²) in [7, 11) is 1.94. The van der Waals surface area contributed by atoms with Gasteiger partial charge < -0.3 is 15.1 Å². The maximum Gasteiger partial charge on any atom is 0.316 e. The predicted molar refractivity (Wildman–Crippen MR) is 70.7 cm³/mol. The molecule has 19 heavy (non-hydrogen) atoms. The second kappa shape index (κ2) is 5.40. The molecular weight excluding hydrogens is 244 g/mol. The Hall–Kier alpha value is -2.55. The molecular formula is C13H14N4O2. The van der Waals surface area contributed by atoms with Gasteiger partial charge in [-0.3, -0.25) is 9.59 Å². The molecule has 0 bridgehead atoms. The molecule has 0 aliphatic carbocycles. The normalized spacial score (nSPS) is 13.5.